The van der Waals surface area contributed by atoms with Crippen molar-refractivity contribution in [3.8, 4) is 0 Å². The summed E-state index contributed by atoms with van der Waals surface area (Å²) in [6.45, 7) is 2.02. The predicted molar refractivity (Wildman–Crippen MR) is 116 cm³/mol. The highest BCUT2D eigenvalue weighted by Crippen LogP contribution is 2.17. The lowest BCUT2D eigenvalue weighted by molar-refractivity contribution is -0.121. The lowest BCUT2D eigenvalue weighted by Gasteiger charge is -2.17. The molecule has 6 nitrogen and oxygen atoms in total. The van der Waals surface area contributed by atoms with Gasteiger partial charge in [0.15, 0.2) is 5.78 Å². The summed E-state index contributed by atoms with van der Waals surface area (Å²) >= 11 is 3.13. The van der Waals surface area contributed by atoms with E-state index in [2.05, 4.69) is 21.2 Å². The summed E-state index contributed by atoms with van der Waals surface area (Å²) in [6.07, 6.45) is 1.13. The Balaban J connectivity index is 1.77. The number of sulfonamides is 1. The Morgan fingerprint density at radius 1 is 1.13 bits per heavy atom. The standard InChI is InChI=1S/C21H24BrFN2O4S/c1-15(26)17-6-8-18(9-7-17)30(28,29)25(2)13-3-4-21(27)24-12-11-16-5-10-20(23)19(22)14-16/h5-10,14H,3-4,11-13H2,1-2H3,(H,24,27). The summed E-state index contributed by atoms with van der Waals surface area (Å²) < 4.78 is 40.0. The highest BCUT2D eigenvalue weighted by molar-refractivity contribution is 9.10. The molecule has 0 spiro atoms. The molecular formula is C21H24BrFN2O4S. The molecule has 0 aromatic heterocycles. The number of Topliss-reactive ketones (excluding diaryl/α,β-unsaturated/α-hetero) is 1. The molecule has 0 saturated carbocycles. The minimum atomic E-state index is -3.68. The fraction of sp³-hybridized carbons (Fsp3) is 0.333. The van der Waals surface area contributed by atoms with Crippen molar-refractivity contribution in [3.05, 3.63) is 63.9 Å². The maximum atomic E-state index is 13.2. The van der Waals surface area contributed by atoms with Crippen LogP contribution in [0, 0.1) is 5.82 Å². The third kappa shape index (κ3) is 6.72. The summed E-state index contributed by atoms with van der Waals surface area (Å²) in [7, 11) is -2.23. The van der Waals surface area contributed by atoms with Gasteiger partial charge in [-0.3, -0.25) is 9.59 Å². The zero-order chi connectivity index (χ0) is 22.3. The molecule has 1 amide bonds. The monoisotopic (exact) mass is 498 g/mol. The van der Waals surface area contributed by atoms with E-state index in [4.69, 9.17) is 0 Å². The van der Waals surface area contributed by atoms with Crippen molar-refractivity contribution in [1.29, 1.82) is 0 Å². The van der Waals surface area contributed by atoms with E-state index < -0.39 is 10.0 Å². The SMILES string of the molecule is CC(=O)c1ccc(S(=O)(=O)N(C)CCCC(=O)NCCc2ccc(F)c(Br)c2)cc1. The van der Waals surface area contributed by atoms with Crippen LogP contribution < -0.4 is 5.32 Å². The molecule has 0 radical (unpaired) electrons. The van der Waals surface area contributed by atoms with Crippen LogP contribution in [0.3, 0.4) is 0 Å². The third-order valence-electron chi connectivity index (χ3n) is 4.57. The molecule has 0 aliphatic carbocycles. The number of nitrogens with one attached hydrogen (secondary N) is 1. The van der Waals surface area contributed by atoms with E-state index in [1.165, 1.54) is 48.6 Å². The van der Waals surface area contributed by atoms with Gasteiger partial charge in [-0.15, -0.1) is 0 Å². The maximum Gasteiger partial charge on any atom is 0.242 e. The molecule has 0 atom stereocenters. The van der Waals surface area contributed by atoms with Crippen LogP contribution in [0.15, 0.2) is 51.8 Å². The second kappa shape index (κ2) is 10.8. The van der Waals surface area contributed by atoms with Crippen LogP contribution in [-0.2, 0) is 21.2 Å². The van der Waals surface area contributed by atoms with E-state index in [1.807, 2.05) is 0 Å². The predicted octanol–water partition coefficient (Wildman–Crippen LogP) is 3.55. The second-order valence-corrected chi connectivity index (χ2v) is 9.76. The summed E-state index contributed by atoms with van der Waals surface area (Å²) in [4.78, 5) is 23.4. The van der Waals surface area contributed by atoms with Crippen LogP contribution in [0.4, 0.5) is 4.39 Å². The molecule has 0 saturated heterocycles. The molecule has 0 aliphatic rings. The number of ketones is 1. The van der Waals surface area contributed by atoms with Gasteiger partial charge in [-0.1, -0.05) is 18.2 Å². The van der Waals surface area contributed by atoms with E-state index >= 15 is 0 Å². The fourth-order valence-corrected chi connectivity index (χ4v) is 4.39. The Kier molecular flexibility index (Phi) is 8.69. The molecule has 0 bridgehead atoms. The number of nitrogens with zero attached hydrogens (tertiary/aromatic N) is 1. The second-order valence-electron chi connectivity index (χ2n) is 6.86. The molecule has 2 aromatic carbocycles. The number of carbonyl (C=O) groups excluding carboxylic acids is 2. The van der Waals surface area contributed by atoms with Crippen molar-refractivity contribution in [2.24, 2.45) is 0 Å². The number of hydrogen-bond acceptors (Lipinski definition) is 4. The highest BCUT2D eigenvalue weighted by Gasteiger charge is 2.20. The Morgan fingerprint density at radius 3 is 2.40 bits per heavy atom. The minimum absolute atomic E-state index is 0.102. The quantitative estimate of drug-likeness (QED) is 0.507. The number of carbonyl (C=O) groups is 2. The Labute approximate surface area is 184 Å². The van der Waals surface area contributed by atoms with Crippen molar-refractivity contribution in [1.82, 2.24) is 9.62 Å². The van der Waals surface area contributed by atoms with E-state index in [1.54, 1.807) is 12.1 Å². The average molecular weight is 499 g/mol. The first-order chi connectivity index (χ1) is 14.1. The molecule has 1 N–H and O–H groups in total. The summed E-state index contributed by atoms with van der Waals surface area (Å²) in [5.74, 6) is -0.644. The van der Waals surface area contributed by atoms with E-state index in [0.29, 0.717) is 29.4 Å². The van der Waals surface area contributed by atoms with Gasteiger partial charge in [0.1, 0.15) is 5.82 Å². The van der Waals surface area contributed by atoms with Gasteiger partial charge >= 0.3 is 0 Å². The topological polar surface area (TPSA) is 83.6 Å². The first-order valence-electron chi connectivity index (χ1n) is 9.39. The molecule has 30 heavy (non-hydrogen) atoms. The third-order valence-corrected chi connectivity index (χ3v) is 7.04. The van der Waals surface area contributed by atoms with Crippen LogP contribution in [-0.4, -0.2) is 44.6 Å². The number of halogens is 2. The van der Waals surface area contributed by atoms with Crippen molar-refractivity contribution in [3.63, 3.8) is 0 Å². The van der Waals surface area contributed by atoms with Gasteiger partial charge in [-0.25, -0.2) is 17.1 Å². The van der Waals surface area contributed by atoms with Crippen LogP contribution in [0.5, 0.6) is 0 Å². The smallest absolute Gasteiger partial charge is 0.242 e. The van der Waals surface area contributed by atoms with Crippen molar-refractivity contribution < 1.29 is 22.4 Å². The van der Waals surface area contributed by atoms with E-state index in [9.17, 15) is 22.4 Å². The van der Waals surface area contributed by atoms with Crippen LogP contribution in [0.25, 0.3) is 0 Å². The molecule has 162 valence electrons. The van der Waals surface area contributed by atoms with Gasteiger partial charge in [0.05, 0.1) is 9.37 Å². The molecular weight excluding hydrogens is 475 g/mol. The van der Waals surface area contributed by atoms with Crippen LogP contribution in [0.2, 0.25) is 0 Å². The molecule has 0 unspecified atom stereocenters. The van der Waals surface area contributed by atoms with E-state index in [0.717, 1.165) is 5.56 Å². The van der Waals surface area contributed by atoms with E-state index in [-0.39, 0.29) is 35.4 Å². The summed E-state index contributed by atoms with van der Waals surface area (Å²) in [5, 5.41) is 2.78. The molecule has 9 heteroatoms. The normalized spacial score (nSPS) is 11.5. The van der Waals surface area contributed by atoms with Gasteiger partial charge in [0.25, 0.3) is 0 Å². The minimum Gasteiger partial charge on any atom is -0.356 e. The maximum absolute atomic E-state index is 13.2. The number of benzene rings is 2. The lowest BCUT2D eigenvalue weighted by atomic mass is 10.1. The van der Waals surface area contributed by atoms with Crippen LogP contribution >= 0.6 is 15.9 Å². The number of hydrogen-bond donors (Lipinski definition) is 1. The first-order valence-corrected chi connectivity index (χ1v) is 11.6. The number of rotatable bonds is 10. The largest absolute Gasteiger partial charge is 0.356 e. The fourth-order valence-electron chi connectivity index (χ4n) is 2.75. The Morgan fingerprint density at radius 2 is 1.80 bits per heavy atom. The first kappa shape index (κ1) is 24.2. The molecule has 0 fully saturated rings. The van der Waals surface area contributed by atoms with Gasteiger partial charge in [0.2, 0.25) is 15.9 Å². The molecule has 2 rings (SSSR count). The van der Waals surface area contributed by atoms with Gasteiger partial charge in [-0.05, 0) is 65.5 Å². The van der Waals surface area contributed by atoms with Gasteiger partial charge in [0, 0.05) is 32.1 Å². The molecule has 0 aliphatic heterocycles. The Hall–Kier alpha value is -2.10. The van der Waals surface area contributed by atoms with Crippen molar-refractivity contribution in [2.45, 2.75) is 31.1 Å². The zero-order valence-corrected chi connectivity index (χ0v) is 19.2. The van der Waals surface area contributed by atoms with Gasteiger partial charge < -0.3 is 5.32 Å². The average Bonchev–Trinajstić information content (AvgIpc) is 2.70. The van der Waals surface area contributed by atoms with Crippen molar-refractivity contribution >= 4 is 37.6 Å². The Bertz CT molecular complexity index is 1010. The van der Waals surface area contributed by atoms with Crippen molar-refractivity contribution in [2.75, 3.05) is 20.1 Å². The molecule has 2 aromatic rings. The van der Waals surface area contributed by atoms with Crippen LogP contribution in [0.1, 0.15) is 35.7 Å². The molecule has 0 heterocycles. The lowest BCUT2D eigenvalue weighted by Crippen LogP contribution is -2.30. The zero-order valence-electron chi connectivity index (χ0n) is 16.8. The summed E-state index contributed by atoms with van der Waals surface area (Å²) in [6, 6.07) is 10.5. The summed E-state index contributed by atoms with van der Waals surface area (Å²) in [5.41, 5.74) is 1.34. The highest BCUT2D eigenvalue weighted by atomic mass is 79.9. The number of amides is 1. The van der Waals surface area contributed by atoms with Gasteiger partial charge in [-0.2, -0.15) is 0 Å².